The first-order valence-electron chi connectivity index (χ1n) is 18.4. The maximum absolute atomic E-state index is 13.7. The predicted octanol–water partition coefficient (Wildman–Crippen LogP) is 12.9. The van der Waals surface area contributed by atoms with E-state index in [2.05, 4.69) is 40.9 Å². The molecule has 1 aromatic carbocycles. The van der Waals surface area contributed by atoms with E-state index in [9.17, 15) is 9.59 Å². The molecule has 0 spiro atoms. The van der Waals surface area contributed by atoms with Crippen LogP contribution in [0.3, 0.4) is 0 Å². The minimum Gasteiger partial charge on any atom is -0.460 e. The summed E-state index contributed by atoms with van der Waals surface area (Å²) in [6.07, 6.45) is 12.4. The molecule has 8 atom stereocenters. The number of carbonyl (C=O) groups excluding carboxylic acids is 2. The van der Waals surface area contributed by atoms with Crippen LogP contribution in [0.4, 0.5) is 0 Å². The molecule has 0 saturated heterocycles. The van der Waals surface area contributed by atoms with Crippen molar-refractivity contribution in [2.75, 3.05) is 0 Å². The SMILES string of the molecule is C.C.C=C.CC.CC.CC.CC1(C)C(=O)CC[C@@]2(C)C1CC[C@@]1(C)C3CC[C@@]4(C(=O)OCc5ccccc5)CCC[C@@H]4[C@H]3CCC12. The van der Waals surface area contributed by atoms with Crippen LogP contribution in [0.1, 0.15) is 160 Å². The van der Waals surface area contributed by atoms with Gasteiger partial charge in [0.1, 0.15) is 12.4 Å². The monoisotopic (exact) mass is 641 g/mol. The van der Waals surface area contributed by atoms with Crippen LogP contribution in [0.5, 0.6) is 0 Å². The van der Waals surface area contributed by atoms with E-state index in [0.717, 1.165) is 31.2 Å². The molecular formula is C43H76O3. The quantitative estimate of drug-likeness (QED) is 0.244. The maximum Gasteiger partial charge on any atom is 0.312 e. The van der Waals surface area contributed by atoms with Gasteiger partial charge in [-0.25, -0.2) is 0 Å². The average molecular weight is 641 g/mol. The summed E-state index contributed by atoms with van der Waals surface area (Å²) in [6.45, 7) is 28.0. The molecule has 266 valence electrons. The highest BCUT2D eigenvalue weighted by molar-refractivity contribution is 5.85. The number of fused-ring (bicyclic) bond motifs is 7. The van der Waals surface area contributed by atoms with Gasteiger partial charge in [0.05, 0.1) is 5.41 Å². The van der Waals surface area contributed by atoms with Crippen molar-refractivity contribution in [3.05, 3.63) is 49.1 Å². The lowest BCUT2D eigenvalue weighted by molar-refractivity contribution is -0.201. The molecule has 5 fully saturated rings. The second-order valence-corrected chi connectivity index (χ2v) is 14.4. The summed E-state index contributed by atoms with van der Waals surface area (Å²) < 4.78 is 6.03. The molecule has 3 unspecified atom stereocenters. The van der Waals surface area contributed by atoms with Gasteiger partial charge in [0, 0.05) is 11.8 Å². The molecule has 0 amide bonds. The summed E-state index contributed by atoms with van der Waals surface area (Å²) in [7, 11) is 0. The number of ketones is 1. The summed E-state index contributed by atoms with van der Waals surface area (Å²) in [4.78, 5) is 26.6. The zero-order chi connectivity index (χ0) is 33.3. The molecule has 46 heavy (non-hydrogen) atoms. The summed E-state index contributed by atoms with van der Waals surface area (Å²) in [5.74, 6) is 3.66. The molecule has 0 N–H and O–H groups in total. The topological polar surface area (TPSA) is 43.4 Å². The van der Waals surface area contributed by atoms with Gasteiger partial charge in [-0.1, -0.05) is 121 Å². The highest BCUT2D eigenvalue weighted by atomic mass is 16.5. The van der Waals surface area contributed by atoms with Crippen molar-refractivity contribution >= 4 is 11.8 Å². The minimum atomic E-state index is -0.250. The largest absolute Gasteiger partial charge is 0.460 e. The first-order valence-corrected chi connectivity index (χ1v) is 18.4. The Morgan fingerprint density at radius 3 is 1.96 bits per heavy atom. The van der Waals surface area contributed by atoms with Crippen LogP contribution < -0.4 is 0 Å². The van der Waals surface area contributed by atoms with Crippen LogP contribution in [-0.2, 0) is 20.9 Å². The molecule has 5 aliphatic rings. The summed E-state index contributed by atoms with van der Waals surface area (Å²) >= 11 is 0. The molecule has 3 heteroatoms. The van der Waals surface area contributed by atoms with Crippen LogP contribution in [0, 0.1) is 51.2 Å². The van der Waals surface area contributed by atoms with E-state index in [-0.39, 0.29) is 37.1 Å². The molecule has 1 aromatic rings. The molecule has 0 aliphatic heterocycles. The van der Waals surface area contributed by atoms with Crippen LogP contribution >= 0.6 is 0 Å². The van der Waals surface area contributed by atoms with Gasteiger partial charge in [-0.3, -0.25) is 9.59 Å². The number of esters is 1. The third-order valence-electron chi connectivity index (χ3n) is 12.9. The van der Waals surface area contributed by atoms with Crippen molar-refractivity contribution < 1.29 is 14.3 Å². The standard InChI is InChI=1S/C33H46O3.3C2H6.C2H4.2CH4/c1-30(2)26-15-18-31(3)24-14-20-33(29(35)36-21-22-9-6-5-7-10-22)17-8-11-25(33)23(24)12-13-27(31)32(26,4)19-16-28(30)34;4*1-2;;/h5-7,9-10,23-27H,8,11-21H2,1-4H3;3*1-2H3;1-2H2;2*1H4/t23-,24?,25+,26?,27?,31-,32-,33-;;;;;;/m0....../s1. The highest BCUT2D eigenvalue weighted by Crippen LogP contribution is 2.72. The molecule has 3 nitrogen and oxygen atoms in total. The summed E-state index contributed by atoms with van der Waals surface area (Å²) in [6, 6.07) is 10.1. The summed E-state index contributed by atoms with van der Waals surface area (Å²) in [5.41, 5.74) is 1.26. The number of hydrogen-bond acceptors (Lipinski definition) is 3. The third-order valence-corrected chi connectivity index (χ3v) is 12.9. The lowest BCUT2D eigenvalue weighted by Crippen LogP contribution is -2.62. The van der Waals surface area contributed by atoms with Crippen molar-refractivity contribution in [3.63, 3.8) is 0 Å². The minimum absolute atomic E-state index is 0. The fourth-order valence-electron chi connectivity index (χ4n) is 11.2. The fraction of sp³-hybridized carbons (Fsp3) is 0.767. The van der Waals surface area contributed by atoms with E-state index in [0.29, 0.717) is 47.4 Å². The molecule has 0 heterocycles. The van der Waals surface area contributed by atoms with Crippen molar-refractivity contribution in [2.45, 2.75) is 161 Å². The van der Waals surface area contributed by atoms with E-state index in [1.165, 1.54) is 44.9 Å². The normalized spacial score (nSPS) is 35.8. The lowest BCUT2D eigenvalue weighted by Gasteiger charge is -2.68. The highest BCUT2D eigenvalue weighted by Gasteiger charge is 2.67. The average Bonchev–Trinajstić information content (AvgIpc) is 3.52. The van der Waals surface area contributed by atoms with E-state index in [1.807, 2.05) is 71.9 Å². The van der Waals surface area contributed by atoms with Gasteiger partial charge in [-0.2, -0.15) is 0 Å². The van der Waals surface area contributed by atoms with Gasteiger partial charge in [-0.05, 0) is 104 Å². The second kappa shape index (κ2) is 18.6. The van der Waals surface area contributed by atoms with Crippen LogP contribution in [0.2, 0.25) is 0 Å². The van der Waals surface area contributed by atoms with Gasteiger partial charge in [0.2, 0.25) is 0 Å². The van der Waals surface area contributed by atoms with E-state index in [4.69, 9.17) is 4.74 Å². The number of ether oxygens (including phenoxy) is 1. The Balaban J connectivity index is 0.00000189. The Morgan fingerprint density at radius 1 is 0.739 bits per heavy atom. The number of carbonyl (C=O) groups is 2. The number of benzene rings is 1. The molecule has 0 bridgehead atoms. The van der Waals surface area contributed by atoms with Crippen LogP contribution in [0.25, 0.3) is 0 Å². The Bertz CT molecular complexity index is 1050. The van der Waals surface area contributed by atoms with Crippen molar-refractivity contribution in [1.29, 1.82) is 0 Å². The zero-order valence-electron chi connectivity index (χ0n) is 30.4. The predicted molar refractivity (Wildman–Crippen MR) is 201 cm³/mol. The van der Waals surface area contributed by atoms with E-state index < -0.39 is 0 Å². The smallest absolute Gasteiger partial charge is 0.312 e. The number of rotatable bonds is 3. The van der Waals surface area contributed by atoms with Gasteiger partial charge in [0.15, 0.2) is 0 Å². The number of hydrogen-bond donors (Lipinski definition) is 0. The van der Waals surface area contributed by atoms with Gasteiger partial charge < -0.3 is 4.74 Å². The summed E-state index contributed by atoms with van der Waals surface area (Å²) in [5, 5.41) is 0. The molecule has 5 saturated carbocycles. The first kappa shape index (κ1) is 44.1. The lowest BCUT2D eigenvalue weighted by atomic mass is 9.36. The van der Waals surface area contributed by atoms with E-state index >= 15 is 0 Å². The Kier molecular flexibility index (Phi) is 17.8. The first-order chi connectivity index (χ1) is 21.1. The maximum atomic E-state index is 13.7. The second-order valence-electron chi connectivity index (χ2n) is 14.4. The molecule has 0 radical (unpaired) electrons. The van der Waals surface area contributed by atoms with Crippen LogP contribution in [-0.4, -0.2) is 11.8 Å². The van der Waals surface area contributed by atoms with Crippen molar-refractivity contribution in [2.24, 2.45) is 51.2 Å². The van der Waals surface area contributed by atoms with E-state index in [1.54, 1.807) is 0 Å². The van der Waals surface area contributed by atoms with Crippen LogP contribution in [0.15, 0.2) is 43.5 Å². The van der Waals surface area contributed by atoms with Gasteiger partial charge in [0.25, 0.3) is 0 Å². The third kappa shape index (κ3) is 7.54. The van der Waals surface area contributed by atoms with Gasteiger partial charge in [-0.15, -0.1) is 13.2 Å². The molecule has 5 aliphatic carbocycles. The Hall–Kier alpha value is -1.90. The van der Waals surface area contributed by atoms with Crippen molar-refractivity contribution in [3.8, 4) is 0 Å². The van der Waals surface area contributed by atoms with Crippen molar-refractivity contribution in [1.82, 2.24) is 0 Å². The molecule has 0 aromatic heterocycles. The Morgan fingerprint density at radius 2 is 1.35 bits per heavy atom. The fourth-order valence-corrected chi connectivity index (χ4v) is 11.2. The van der Waals surface area contributed by atoms with Gasteiger partial charge >= 0.3 is 5.97 Å². The molecule has 6 rings (SSSR count). The molecular weight excluding hydrogens is 564 g/mol. The Labute approximate surface area is 287 Å². The number of Topliss-reactive ketones (excluding diaryl/α,β-unsaturated/α-hetero) is 1. The zero-order valence-corrected chi connectivity index (χ0v) is 30.4.